The van der Waals surface area contributed by atoms with Crippen LogP contribution in [-0.4, -0.2) is 22.6 Å². The summed E-state index contributed by atoms with van der Waals surface area (Å²) in [7, 11) is 0. The number of carbonyl (C=O) groups is 3. The van der Waals surface area contributed by atoms with Gasteiger partial charge in [-0.25, -0.2) is 0 Å². The third-order valence-corrected chi connectivity index (χ3v) is 3.60. The summed E-state index contributed by atoms with van der Waals surface area (Å²) in [5.41, 5.74) is 0. The van der Waals surface area contributed by atoms with Crippen molar-refractivity contribution < 1.29 is 19.5 Å². The number of aliphatic carboxylic acids is 1. The third kappa shape index (κ3) is 1.94. The van der Waals surface area contributed by atoms with Gasteiger partial charge < -0.3 is 5.11 Å². The second kappa shape index (κ2) is 3.76. The van der Waals surface area contributed by atoms with Crippen LogP contribution in [0, 0.1) is 17.8 Å². The molecule has 2 rings (SSSR count). The summed E-state index contributed by atoms with van der Waals surface area (Å²) in [4.78, 5) is 33.4. The fourth-order valence-electron chi connectivity index (χ4n) is 2.87. The number of Topliss-reactive ketones (excluding diaryl/α,β-unsaturated/α-hetero) is 2. The predicted molar refractivity (Wildman–Crippen MR) is 51.2 cm³/mol. The van der Waals surface area contributed by atoms with Crippen molar-refractivity contribution in [2.75, 3.05) is 0 Å². The van der Waals surface area contributed by atoms with Crippen molar-refractivity contribution in [3.63, 3.8) is 0 Å². The van der Waals surface area contributed by atoms with E-state index >= 15 is 0 Å². The molecular formula is C11H14O4. The van der Waals surface area contributed by atoms with Crippen LogP contribution in [0.4, 0.5) is 0 Å². The Labute approximate surface area is 87.7 Å². The second-order valence-corrected chi connectivity index (χ2v) is 4.60. The summed E-state index contributed by atoms with van der Waals surface area (Å²) >= 11 is 0. The van der Waals surface area contributed by atoms with Crippen LogP contribution < -0.4 is 0 Å². The number of rotatable bonds is 2. The maximum atomic E-state index is 11.5. The first-order valence-electron chi connectivity index (χ1n) is 5.35. The summed E-state index contributed by atoms with van der Waals surface area (Å²) in [6.45, 7) is 0. The maximum Gasteiger partial charge on any atom is 0.303 e. The zero-order chi connectivity index (χ0) is 11.0. The van der Waals surface area contributed by atoms with E-state index in [-0.39, 0.29) is 42.2 Å². The molecule has 0 aromatic carbocycles. The van der Waals surface area contributed by atoms with Crippen molar-refractivity contribution >= 4 is 17.5 Å². The van der Waals surface area contributed by atoms with Gasteiger partial charge in [-0.1, -0.05) is 0 Å². The average Bonchev–Trinajstić information content (AvgIpc) is 2.41. The molecule has 3 atom stereocenters. The molecule has 82 valence electrons. The molecule has 2 aliphatic rings. The molecule has 0 spiro atoms. The minimum atomic E-state index is -0.810. The van der Waals surface area contributed by atoms with E-state index < -0.39 is 5.97 Å². The van der Waals surface area contributed by atoms with Gasteiger partial charge in [-0.3, -0.25) is 14.4 Å². The predicted octanol–water partition coefficient (Wildman–Crippen LogP) is 1.04. The Kier molecular flexibility index (Phi) is 2.59. The topological polar surface area (TPSA) is 71.4 Å². The molecule has 0 aliphatic heterocycles. The molecule has 4 nitrogen and oxygen atoms in total. The lowest BCUT2D eigenvalue weighted by molar-refractivity contribution is -0.139. The van der Waals surface area contributed by atoms with E-state index in [1.165, 1.54) is 0 Å². The quantitative estimate of drug-likeness (QED) is 0.691. The molecule has 0 radical (unpaired) electrons. The highest BCUT2D eigenvalue weighted by molar-refractivity contribution is 6.08. The van der Waals surface area contributed by atoms with Crippen LogP contribution >= 0.6 is 0 Å². The molecule has 4 heteroatoms. The molecule has 0 saturated heterocycles. The smallest absolute Gasteiger partial charge is 0.303 e. The Bertz CT molecular complexity index is 321. The van der Waals surface area contributed by atoms with E-state index in [1.54, 1.807) is 0 Å². The molecular weight excluding hydrogens is 196 g/mol. The lowest BCUT2D eigenvalue weighted by Gasteiger charge is -2.28. The van der Waals surface area contributed by atoms with Gasteiger partial charge in [0.05, 0.1) is 6.42 Å². The van der Waals surface area contributed by atoms with Crippen molar-refractivity contribution in [3.8, 4) is 0 Å². The zero-order valence-corrected chi connectivity index (χ0v) is 8.44. The van der Waals surface area contributed by atoms with Crippen LogP contribution in [0.1, 0.15) is 32.1 Å². The van der Waals surface area contributed by atoms with Gasteiger partial charge in [0, 0.05) is 18.3 Å². The first-order valence-corrected chi connectivity index (χ1v) is 5.35. The third-order valence-electron chi connectivity index (χ3n) is 3.60. The van der Waals surface area contributed by atoms with Gasteiger partial charge in [0.2, 0.25) is 0 Å². The zero-order valence-electron chi connectivity index (χ0n) is 8.44. The fraction of sp³-hybridized carbons (Fsp3) is 0.727. The summed E-state index contributed by atoms with van der Waals surface area (Å²) < 4.78 is 0. The Balaban J connectivity index is 2.02. The highest BCUT2D eigenvalue weighted by atomic mass is 16.4. The molecule has 1 N–H and O–H groups in total. The van der Waals surface area contributed by atoms with Gasteiger partial charge in [-0.2, -0.15) is 0 Å². The van der Waals surface area contributed by atoms with Gasteiger partial charge in [0.15, 0.2) is 0 Å². The number of hydrogen-bond donors (Lipinski definition) is 1. The highest BCUT2D eigenvalue weighted by Crippen LogP contribution is 2.41. The van der Waals surface area contributed by atoms with Crippen LogP contribution in [0.3, 0.4) is 0 Å². The van der Waals surface area contributed by atoms with Crippen molar-refractivity contribution in [1.29, 1.82) is 0 Å². The molecule has 15 heavy (non-hydrogen) atoms. The largest absolute Gasteiger partial charge is 0.481 e. The van der Waals surface area contributed by atoms with Gasteiger partial charge >= 0.3 is 5.97 Å². The normalized spacial score (nSPS) is 35.3. The van der Waals surface area contributed by atoms with Crippen LogP contribution in [0.5, 0.6) is 0 Å². The Morgan fingerprint density at radius 1 is 1.20 bits per heavy atom. The SMILES string of the molecule is O=C(O)CC1CCC2C(=O)CC(=O)C2C1. The number of carboxylic acids is 1. The van der Waals surface area contributed by atoms with Crippen molar-refractivity contribution in [1.82, 2.24) is 0 Å². The van der Waals surface area contributed by atoms with E-state index in [0.717, 1.165) is 6.42 Å². The first-order chi connectivity index (χ1) is 7.08. The van der Waals surface area contributed by atoms with Crippen molar-refractivity contribution in [2.24, 2.45) is 17.8 Å². The molecule has 0 bridgehead atoms. The Morgan fingerprint density at radius 2 is 1.87 bits per heavy atom. The van der Waals surface area contributed by atoms with E-state index in [1.807, 2.05) is 0 Å². The first kappa shape index (κ1) is 10.3. The lowest BCUT2D eigenvalue weighted by atomic mass is 9.74. The van der Waals surface area contributed by atoms with Gasteiger partial charge in [-0.15, -0.1) is 0 Å². The molecule has 2 saturated carbocycles. The van der Waals surface area contributed by atoms with Gasteiger partial charge in [0.1, 0.15) is 11.6 Å². The Morgan fingerprint density at radius 3 is 2.53 bits per heavy atom. The van der Waals surface area contributed by atoms with E-state index in [0.29, 0.717) is 12.8 Å². The second-order valence-electron chi connectivity index (χ2n) is 4.60. The number of carboxylic acid groups (broad SMARTS) is 1. The minimum Gasteiger partial charge on any atom is -0.481 e. The van der Waals surface area contributed by atoms with E-state index in [4.69, 9.17) is 5.11 Å². The summed E-state index contributed by atoms with van der Waals surface area (Å²) in [5.74, 6) is -0.897. The summed E-state index contributed by atoms with van der Waals surface area (Å²) in [6, 6.07) is 0. The van der Waals surface area contributed by atoms with Crippen molar-refractivity contribution in [2.45, 2.75) is 32.1 Å². The number of fused-ring (bicyclic) bond motifs is 1. The minimum absolute atomic E-state index is 0.0279. The lowest BCUT2D eigenvalue weighted by Crippen LogP contribution is -2.28. The maximum absolute atomic E-state index is 11.5. The van der Waals surface area contributed by atoms with Gasteiger partial charge in [-0.05, 0) is 25.2 Å². The van der Waals surface area contributed by atoms with Crippen LogP contribution in [0.25, 0.3) is 0 Å². The standard InChI is InChI=1S/C11H14O4/c12-9-5-10(13)8-3-6(4-11(14)15)1-2-7(8)9/h6-8H,1-5H2,(H,14,15). The monoisotopic (exact) mass is 210 g/mol. The number of hydrogen-bond acceptors (Lipinski definition) is 3. The Hall–Kier alpha value is -1.19. The summed E-state index contributed by atoms with van der Waals surface area (Å²) in [6.07, 6.45) is 2.28. The average molecular weight is 210 g/mol. The molecule has 0 aromatic rings. The van der Waals surface area contributed by atoms with Crippen LogP contribution in [0.2, 0.25) is 0 Å². The van der Waals surface area contributed by atoms with Crippen LogP contribution in [0.15, 0.2) is 0 Å². The highest BCUT2D eigenvalue weighted by Gasteiger charge is 2.44. The molecule has 2 fully saturated rings. The molecule has 0 heterocycles. The number of carbonyl (C=O) groups excluding carboxylic acids is 2. The molecule has 0 amide bonds. The molecule has 3 unspecified atom stereocenters. The molecule has 2 aliphatic carbocycles. The summed E-state index contributed by atoms with van der Waals surface area (Å²) in [5, 5.41) is 8.67. The number of ketones is 2. The van der Waals surface area contributed by atoms with Crippen LogP contribution in [-0.2, 0) is 14.4 Å². The molecule has 0 aromatic heterocycles. The van der Waals surface area contributed by atoms with E-state index in [9.17, 15) is 14.4 Å². The van der Waals surface area contributed by atoms with Crippen molar-refractivity contribution in [3.05, 3.63) is 0 Å². The van der Waals surface area contributed by atoms with E-state index in [2.05, 4.69) is 0 Å². The van der Waals surface area contributed by atoms with Gasteiger partial charge in [0.25, 0.3) is 0 Å². The fourth-order valence-corrected chi connectivity index (χ4v) is 2.87.